The Labute approximate surface area is 88.0 Å². The molecule has 0 aliphatic heterocycles. The fourth-order valence-corrected chi connectivity index (χ4v) is 2.43. The average molecular weight is 204 g/mol. The van der Waals surface area contributed by atoms with E-state index in [0.29, 0.717) is 0 Å². The monoisotopic (exact) mass is 204 g/mol. The topological polar surface area (TPSA) is 9.23 Å². The lowest BCUT2D eigenvalue weighted by Gasteiger charge is -2.05. The van der Waals surface area contributed by atoms with Crippen LogP contribution in [0.4, 0.5) is 0 Å². The molecule has 1 aromatic heterocycles. The summed E-state index contributed by atoms with van der Waals surface area (Å²) < 4.78 is 5.31. The summed E-state index contributed by atoms with van der Waals surface area (Å²) >= 11 is 1.72. The molecular formula is C12H12OS. The van der Waals surface area contributed by atoms with E-state index in [1.165, 1.54) is 16.0 Å². The first-order chi connectivity index (χ1) is 6.83. The maximum Gasteiger partial charge on any atom is 0.137 e. The summed E-state index contributed by atoms with van der Waals surface area (Å²) in [5.41, 5.74) is 2.55. The molecule has 0 saturated heterocycles. The van der Waals surface area contributed by atoms with Gasteiger partial charge in [-0.15, -0.1) is 11.3 Å². The molecule has 1 heterocycles. The third-order valence-electron chi connectivity index (χ3n) is 2.24. The molecule has 2 aromatic rings. The Morgan fingerprint density at radius 3 is 2.64 bits per heavy atom. The molecule has 0 aliphatic rings. The summed E-state index contributed by atoms with van der Waals surface area (Å²) in [7, 11) is 1.71. The number of hydrogen-bond donors (Lipinski definition) is 0. The fraction of sp³-hybridized carbons (Fsp3) is 0.167. The van der Waals surface area contributed by atoms with Crippen molar-refractivity contribution in [3.8, 4) is 16.2 Å². The first-order valence-corrected chi connectivity index (χ1v) is 5.38. The third-order valence-corrected chi connectivity index (χ3v) is 3.17. The van der Waals surface area contributed by atoms with Crippen molar-refractivity contribution in [2.75, 3.05) is 7.11 Å². The van der Waals surface area contributed by atoms with Gasteiger partial charge in [0.05, 0.1) is 12.0 Å². The van der Waals surface area contributed by atoms with E-state index in [2.05, 4.69) is 36.6 Å². The largest absolute Gasteiger partial charge is 0.495 e. The van der Waals surface area contributed by atoms with Crippen molar-refractivity contribution in [3.63, 3.8) is 0 Å². The summed E-state index contributed by atoms with van der Waals surface area (Å²) in [6.07, 6.45) is 0. The van der Waals surface area contributed by atoms with E-state index in [9.17, 15) is 0 Å². The van der Waals surface area contributed by atoms with Crippen LogP contribution in [0.3, 0.4) is 0 Å². The van der Waals surface area contributed by atoms with Gasteiger partial charge in [0.1, 0.15) is 5.75 Å². The molecule has 0 N–H and O–H groups in total. The molecule has 0 spiro atoms. The molecule has 1 aromatic carbocycles. The lowest BCUT2D eigenvalue weighted by Crippen LogP contribution is -1.84. The summed E-state index contributed by atoms with van der Waals surface area (Å²) in [4.78, 5) is 1.21. The summed E-state index contributed by atoms with van der Waals surface area (Å²) in [5.74, 6) is 0.962. The fourth-order valence-electron chi connectivity index (χ4n) is 1.48. The van der Waals surface area contributed by atoms with E-state index in [4.69, 9.17) is 4.74 Å². The van der Waals surface area contributed by atoms with Gasteiger partial charge in [0.25, 0.3) is 0 Å². The molecule has 0 bridgehead atoms. The van der Waals surface area contributed by atoms with Crippen LogP contribution in [0.2, 0.25) is 0 Å². The van der Waals surface area contributed by atoms with Crippen molar-refractivity contribution in [1.29, 1.82) is 0 Å². The smallest absolute Gasteiger partial charge is 0.137 e. The zero-order chi connectivity index (χ0) is 9.97. The minimum atomic E-state index is 0.962. The Balaban J connectivity index is 2.54. The lowest BCUT2D eigenvalue weighted by molar-refractivity contribution is 0.418. The van der Waals surface area contributed by atoms with Gasteiger partial charge in [-0.2, -0.15) is 0 Å². The molecule has 14 heavy (non-hydrogen) atoms. The summed E-state index contributed by atoms with van der Waals surface area (Å²) in [6, 6.07) is 10.4. The van der Waals surface area contributed by atoms with Crippen molar-refractivity contribution in [2.45, 2.75) is 6.92 Å². The second kappa shape index (κ2) is 3.84. The van der Waals surface area contributed by atoms with E-state index in [1.807, 2.05) is 6.07 Å². The minimum absolute atomic E-state index is 0.962. The van der Waals surface area contributed by atoms with Crippen LogP contribution >= 0.6 is 11.3 Å². The average Bonchev–Trinajstić information content (AvgIpc) is 2.66. The van der Waals surface area contributed by atoms with Gasteiger partial charge in [0, 0.05) is 0 Å². The van der Waals surface area contributed by atoms with Crippen molar-refractivity contribution < 1.29 is 4.74 Å². The number of methoxy groups -OCH3 is 1. The van der Waals surface area contributed by atoms with Gasteiger partial charge in [-0.05, 0) is 29.5 Å². The SMILES string of the molecule is COc1ccsc1-c1ccccc1C. The van der Waals surface area contributed by atoms with Crippen LogP contribution in [0.25, 0.3) is 10.4 Å². The van der Waals surface area contributed by atoms with Crippen LogP contribution in [0.15, 0.2) is 35.7 Å². The Morgan fingerprint density at radius 1 is 1.14 bits per heavy atom. The number of ether oxygens (including phenoxy) is 1. The molecule has 1 nitrogen and oxygen atoms in total. The molecule has 0 aliphatic carbocycles. The molecule has 0 atom stereocenters. The molecule has 72 valence electrons. The number of rotatable bonds is 2. The van der Waals surface area contributed by atoms with Crippen molar-refractivity contribution >= 4 is 11.3 Å². The van der Waals surface area contributed by atoms with Gasteiger partial charge < -0.3 is 4.74 Å². The maximum absolute atomic E-state index is 5.31. The van der Waals surface area contributed by atoms with Crippen LogP contribution in [0, 0.1) is 6.92 Å². The highest BCUT2D eigenvalue weighted by molar-refractivity contribution is 7.14. The number of thiophene rings is 1. The van der Waals surface area contributed by atoms with Gasteiger partial charge in [-0.25, -0.2) is 0 Å². The van der Waals surface area contributed by atoms with E-state index in [-0.39, 0.29) is 0 Å². The molecule has 0 unspecified atom stereocenters. The highest BCUT2D eigenvalue weighted by Crippen LogP contribution is 2.36. The van der Waals surface area contributed by atoms with E-state index < -0.39 is 0 Å². The molecular weight excluding hydrogens is 192 g/mol. The molecule has 0 saturated carbocycles. The highest BCUT2D eigenvalue weighted by atomic mass is 32.1. The minimum Gasteiger partial charge on any atom is -0.495 e. The molecule has 0 fully saturated rings. The van der Waals surface area contributed by atoms with Crippen LogP contribution in [0.5, 0.6) is 5.75 Å². The number of hydrogen-bond acceptors (Lipinski definition) is 2. The van der Waals surface area contributed by atoms with Crippen LogP contribution in [-0.4, -0.2) is 7.11 Å². The van der Waals surface area contributed by atoms with E-state index in [0.717, 1.165) is 5.75 Å². The van der Waals surface area contributed by atoms with Gasteiger partial charge in [-0.1, -0.05) is 24.3 Å². The quantitative estimate of drug-likeness (QED) is 0.724. The molecule has 0 radical (unpaired) electrons. The Kier molecular flexibility index (Phi) is 2.55. The predicted molar refractivity (Wildman–Crippen MR) is 61.0 cm³/mol. The van der Waals surface area contributed by atoms with Crippen molar-refractivity contribution in [3.05, 3.63) is 41.3 Å². The number of aryl methyl sites for hydroxylation is 1. The van der Waals surface area contributed by atoms with Crippen LogP contribution in [0.1, 0.15) is 5.56 Å². The molecule has 2 heteroatoms. The Hall–Kier alpha value is -1.28. The lowest BCUT2D eigenvalue weighted by atomic mass is 10.1. The zero-order valence-corrected chi connectivity index (χ0v) is 9.10. The van der Waals surface area contributed by atoms with E-state index >= 15 is 0 Å². The van der Waals surface area contributed by atoms with Gasteiger partial charge in [0.15, 0.2) is 0 Å². The van der Waals surface area contributed by atoms with Crippen LogP contribution in [-0.2, 0) is 0 Å². The Morgan fingerprint density at radius 2 is 1.93 bits per heavy atom. The summed E-state index contributed by atoms with van der Waals surface area (Å²) in [6.45, 7) is 2.12. The third kappa shape index (κ3) is 1.53. The first kappa shape index (κ1) is 9.28. The van der Waals surface area contributed by atoms with Crippen molar-refractivity contribution in [1.82, 2.24) is 0 Å². The van der Waals surface area contributed by atoms with Gasteiger partial charge in [-0.3, -0.25) is 0 Å². The van der Waals surface area contributed by atoms with Gasteiger partial charge in [0.2, 0.25) is 0 Å². The first-order valence-electron chi connectivity index (χ1n) is 4.50. The summed E-state index contributed by atoms with van der Waals surface area (Å²) in [5, 5.41) is 2.06. The second-order valence-electron chi connectivity index (χ2n) is 3.13. The van der Waals surface area contributed by atoms with Crippen molar-refractivity contribution in [2.24, 2.45) is 0 Å². The zero-order valence-electron chi connectivity index (χ0n) is 8.28. The number of benzene rings is 1. The van der Waals surface area contributed by atoms with E-state index in [1.54, 1.807) is 18.4 Å². The van der Waals surface area contributed by atoms with Crippen LogP contribution < -0.4 is 4.74 Å². The molecule has 0 amide bonds. The second-order valence-corrected chi connectivity index (χ2v) is 4.05. The standard InChI is InChI=1S/C12H12OS/c1-9-5-3-4-6-10(9)12-11(13-2)7-8-14-12/h3-8H,1-2H3. The van der Waals surface area contributed by atoms with Gasteiger partial charge >= 0.3 is 0 Å². The normalized spacial score (nSPS) is 10.1. The molecule has 2 rings (SSSR count). The highest BCUT2D eigenvalue weighted by Gasteiger charge is 2.08. The Bertz CT molecular complexity index is 431. The maximum atomic E-state index is 5.31. The predicted octanol–water partition coefficient (Wildman–Crippen LogP) is 3.73.